The lowest BCUT2D eigenvalue weighted by Crippen LogP contribution is -2.20. The van der Waals surface area contributed by atoms with Crippen molar-refractivity contribution in [1.82, 2.24) is 0 Å². The van der Waals surface area contributed by atoms with Gasteiger partial charge in [0.1, 0.15) is 5.75 Å². The first kappa shape index (κ1) is 19.0. The highest BCUT2D eigenvalue weighted by Gasteiger charge is 2.31. The van der Waals surface area contributed by atoms with Crippen LogP contribution in [0, 0.1) is 6.92 Å². The van der Waals surface area contributed by atoms with Crippen LogP contribution < -0.4 is 14.2 Å². The van der Waals surface area contributed by atoms with Gasteiger partial charge in [0, 0.05) is 12.0 Å². The van der Waals surface area contributed by atoms with Crippen LogP contribution in [0.5, 0.6) is 17.2 Å². The van der Waals surface area contributed by atoms with Crippen molar-refractivity contribution in [2.45, 2.75) is 26.2 Å². The van der Waals surface area contributed by atoms with E-state index in [9.17, 15) is 14.4 Å². The molecular weight excluding hydrogens is 376 g/mol. The average Bonchev–Trinajstić information content (AvgIpc) is 3.29. The molecule has 0 amide bonds. The molecule has 7 heteroatoms. The number of aryl methyl sites for hydroxylation is 1. The number of Topliss-reactive ketones (excluding diaryl/α,β-unsaturated/α-hetero) is 2. The molecule has 1 aliphatic carbocycles. The monoisotopic (exact) mass is 396 g/mol. The summed E-state index contributed by atoms with van der Waals surface area (Å²) in [5.74, 6) is 0.520. The molecule has 2 aliphatic rings. The summed E-state index contributed by atoms with van der Waals surface area (Å²) in [4.78, 5) is 36.5. The first-order valence-electron chi connectivity index (χ1n) is 9.32. The smallest absolute Gasteiger partial charge is 0.344 e. The molecule has 7 nitrogen and oxygen atoms in total. The standard InChI is InChI=1S/C22H20O7/c1-12-3-5-18(22-15(23)7-13(2)21(12)22)26-10-20(25)27-9-16(24)14-4-6-17-19(8-14)29-11-28-17/h3-6,8,13H,7,9-11H2,1-2H3/t13-/m0/s1. The molecular formula is C22H20O7. The second-order valence-electron chi connectivity index (χ2n) is 7.14. The third-order valence-electron chi connectivity index (χ3n) is 5.09. The zero-order chi connectivity index (χ0) is 20.5. The summed E-state index contributed by atoms with van der Waals surface area (Å²) >= 11 is 0. The Morgan fingerprint density at radius 2 is 1.90 bits per heavy atom. The van der Waals surface area contributed by atoms with E-state index in [4.69, 9.17) is 18.9 Å². The fourth-order valence-electron chi connectivity index (χ4n) is 3.71. The minimum atomic E-state index is -0.688. The van der Waals surface area contributed by atoms with Crippen molar-refractivity contribution >= 4 is 17.5 Å². The van der Waals surface area contributed by atoms with Crippen LogP contribution in [-0.4, -0.2) is 37.5 Å². The Bertz CT molecular complexity index is 1010. The van der Waals surface area contributed by atoms with Crippen molar-refractivity contribution in [2.24, 2.45) is 0 Å². The molecule has 0 aromatic heterocycles. The molecule has 1 heterocycles. The number of esters is 1. The SMILES string of the molecule is Cc1ccc(OCC(=O)OCC(=O)c2ccc3c(c2)OCO3)c2c1[C@@H](C)CC2=O. The summed E-state index contributed by atoms with van der Waals surface area (Å²) in [6.45, 7) is 3.27. The molecule has 4 rings (SSSR count). The van der Waals surface area contributed by atoms with Gasteiger partial charge in [-0.25, -0.2) is 4.79 Å². The first-order chi connectivity index (χ1) is 13.9. The van der Waals surface area contributed by atoms with Crippen molar-refractivity contribution in [1.29, 1.82) is 0 Å². The number of rotatable bonds is 6. The van der Waals surface area contributed by atoms with Crippen LogP contribution in [0.2, 0.25) is 0 Å². The second kappa shape index (κ2) is 7.58. The molecule has 0 radical (unpaired) electrons. The lowest BCUT2D eigenvalue weighted by molar-refractivity contribution is -0.144. The van der Waals surface area contributed by atoms with Gasteiger partial charge in [0.2, 0.25) is 6.79 Å². The summed E-state index contributed by atoms with van der Waals surface area (Å²) < 4.78 is 21.0. The molecule has 0 N–H and O–H groups in total. The Labute approximate surface area is 167 Å². The minimum Gasteiger partial charge on any atom is -0.481 e. The van der Waals surface area contributed by atoms with Crippen molar-refractivity contribution in [3.05, 3.63) is 52.6 Å². The third kappa shape index (κ3) is 3.68. The van der Waals surface area contributed by atoms with E-state index in [1.807, 2.05) is 19.9 Å². The van der Waals surface area contributed by atoms with Crippen LogP contribution in [0.25, 0.3) is 0 Å². The Kier molecular flexibility index (Phi) is 4.96. The lowest BCUT2D eigenvalue weighted by atomic mass is 9.97. The average molecular weight is 396 g/mol. The van der Waals surface area contributed by atoms with Gasteiger partial charge in [0.15, 0.2) is 36.3 Å². The van der Waals surface area contributed by atoms with Crippen molar-refractivity contribution in [2.75, 3.05) is 20.0 Å². The molecule has 150 valence electrons. The minimum absolute atomic E-state index is 0.0116. The maximum atomic E-state index is 12.3. The highest BCUT2D eigenvalue weighted by atomic mass is 16.7. The topological polar surface area (TPSA) is 88.1 Å². The highest BCUT2D eigenvalue weighted by Crippen LogP contribution is 2.40. The molecule has 2 aromatic rings. The van der Waals surface area contributed by atoms with Gasteiger partial charge in [-0.3, -0.25) is 9.59 Å². The summed E-state index contributed by atoms with van der Waals surface area (Å²) in [5.41, 5.74) is 2.90. The Hall–Kier alpha value is -3.35. The van der Waals surface area contributed by atoms with Crippen LogP contribution in [0.15, 0.2) is 30.3 Å². The van der Waals surface area contributed by atoms with Crippen LogP contribution in [-0.2, 0) is 9.53 Å². The van der Waals surface area contributed by atoms with Crippen molar-refractivity contribution in [3.63, 3.8) is 0 Å². The summed E-state index contributed by atoms with van der Waals surface area (Å²) in [7, 11) is 0. The molecule has 0 spiro atoms. The van der Waals surface area contributed by atoms with Gasteiger partial charge in [0.05, 0.1) is 5.56 Å². The van der Waals surface area contributed by atoms with Gasteiger partial charge >= 0.3 is 5.97 Å². The van der Waals surface area contributed by atoms with Crippen LogP contribution in [0.3, 0.4) is 0 Å². The fourth-order valence-corrected chi connectivity index (χ4v) is 3.71. The molecule has 29 heavy (non-hydrogen) atoms. The molecule has 1 aliphatic heterocycles. The van der Waals surface area contributed by atoms with E-state index in [-0.39, 0.29) is 30.9 Å². The quantitative estimate of drug-likeness (QED) is 0.547. The summed E-state index contributed by atoms with van der Waals surface area (Å²) in [6, 6.07) is 8.34. The first-order valence-corrected chi connectivity index (χ1v) is 9.32. The van der Waals surface area contributed by atoms with E-state index < -0.39 is 12.6 Å². The molecule has 0 fully saturated rings. The zero-order valence-electron chi connectivity index (χ0n) is 16.2. The number of benzene rings is 2. The normalized spacial score (nSPS) is 16.5. The number of ketones is 2. The molecule has 0 saturated carbocycles. The Morgan fingerprint density at radius 1 is 1.10 bits per heavy atom. The van der Waals surface area contributed by atoms with Crippen LogP contribution >= 0.6 is 0 Å². The zero-order valence-corrected chi connectivity index (χ0v) is 16.2. The number of hydrogen-bond donors (Lipinski definition) is 0. The number of carbonyl (C=O) groups excluding carboxylic acids is 3. The Balaban J connectivity index is 1.34. The second-order valence-corrected chi connectivity index (χ2v) is 7.14. The van der Waals surface area contributed by atoms with Crippen molar-refractivity contribution < 1.29 is 33.3 Å². The summed E-state index contributed by atoms with van der Waals surface area (Å²) in [5, 5.41) is 0. The predicted octanol–water partition coefficient (Wildman–Crippen LogP) is 3.22. The van der Waals surface area contributed by atoms with Gasteiger partial charge in [-0.1, -0.05) is 13.0 Å². The number of hydrogen-bond acceptors (Lipinski definition) is 7. The van der Waals surface area contributed by atoms with Gasteiger partial charge in [0.25, 0.3) is 0 Å². The number of fused-ring (bicyclic) bond motifs is 2. The highest BCUT2D eigenvalue weighted by molar-refractivity contribution is 6.04. The van der Waals surface area contributed by atoms with E-state index in [0.29, 0.717) is 34.8 Å². The molecule has 0 saturated heterocycles. The van der Waals surface area contributed by atoms with Crippen LogP contribution in [0.1, 0.15) is 51.1 Å². The van der Waals surface area contributed by atoms with Crippen LogP contribution in [0.4, 0.5) is 0 Å². The molecule has 2 aromatic carbocycles. The molecule has 0 bridgehead atoms. The largest absolute Gasteiger partial charge is 0.481 e. The third-order valence-corrected chi connectivity index (χ3v) is 5.09. The van der Waals surface area contributed by atoms with Gasteiger partial charge < -0.3 is 18.9 Å². The van der Waals surface area contributed by atoms with Gasteiger partial charge in [-0.05, 0) is 48.2 Å². The molecule has 1 atom stereocenters. The van der Waals surface area contributed by atoms with Gasteiger partial charge in [-0.15, -0.1) is 0 Å². The number of ether oxygens (including phenoxy) is 4. The summed E-state index contributed by atoms with van der Waals surface area (Å²) in [6.07, 6.45) is 0.436. The van der Waals surface area contributed by atoms with Crippen molar-refractivity contribution in [3.8, 4) is 17.2 Å². The van der Waals surface area contributed by atoms with Gasteiger partial charge in [-0.2, -0.15) is 0 Å². The van der Waals surface area contributed by atoms with E-state index in [1.54, 1.807) is 24.3 Å². The van der Waals surface area contributed by atoms with E-state index in [0.717, 1.165) is 11.1 Å². The maximum Gasteiger partial charge on any atom is 0.344 e. The maximum absolute atomic E-state index is 12.3. The fraction of sp³-hybridized carbons (Fsp3) is 0.318. The number of carbonyl (C=O) groups is 3. The van der Waals surface area contributed by atoms with E-state index in [1.165, 1.54) is 0 Å². The predicted molar refractivity (Wildman–Crippen MR) is 102 cm³/mol. The van der Waals surface area contributed by atoms with E-state index >= 15 is 0 Å². The van der Waals surface area contributed by atoms with E-state index in [2.05, 4.69) is 0 Å². The molecule has 0 unspecified atom stereocenters. The Morgan fingerprint density at radius 3 is 2.72 bits per heavy atom. The lowest BCUT2D eigenvalue weighted by Gasteiger charge is -2.13.